The summed E-state index contributed by atoms with van der Waals surface area (Å²) in [6, 6.07) is 0. The Hall–Kier alpha value is -1.91. The van der Waals surface area contributed by atoms with Crippen LogP contribution in [0.15, 0.2) is 22.4 Å². The van der Waals surface area contributed by atoms with Crippen molar-refractivity contribution in [2.45, 2.75) is 6.92 Å². The number of rotatable bonds is 0. The van der Waals surface area contributed by atoms with Gasteiger partial charge in [-0.25, -0.2) is 9.98 Å². The van der Waals surface area contributed by atoms with E-state index < -0.39 is 11.8 Å². The molecule has 0 unspecified atom stereocenters. The fourth-order valence-corrected chi connectivity index (χ4v) is 1.08. The molecule has 1 aromatic rings. The third-order valence-electron chi connectivity index (χ3n) is 1.70. The van der Waals surface area contributed by atoms with Gasteiger partial charge in [0.15, 0.2) is 0 Å². The van der Waals surface area contributed by atoms with E-state index in [1.54, 1.807) is 13.1 Å². The fraction of sp³-hybridized carbons (Fsp3) is 0.125. The second-order valence-corrected chi connectivity index (χ2v) is 2.66. The first-order valence-corrected chi connectivity index (χ1v) is 3.65. The number of aryl methyl sites for hydroxylation is 1. The largest absolute Gasteiger partial charge is 0.338 e. The summed E-state index contributed by atoms with van der Waals surface area (Å²) in [5.74, 6) is -1.65. The molecule has 0 fully saturated rings. The van der Waals surface area contributed by atoms with E-state index in [-0.39, 0.29) is 0 Å². The van der Waals surface area contributed by atoms with Crippen LogP contribution in [0.25, 0.3) is 0 Å². The standard InChI is InChI=1S/C8H5N3O2/c1-4-2-9-3-5-6(4)11-8(13)7(12)10-5/h2-3H,1H3. The normalized spacial score (nSPS) is 14.5. The van der Waals surface area contributed by atoms with Gasteiger partial charge < -0.3 is 0 Å². The molecule has 13 heavy (non-hydrogen) atoms. The van der Waals surface area contributed by atoms with E-state index in [4.69, 9.17) is 0 Å². The molecule has 0 N–H and O–H groups in total. The lowest BCUT2D eigenvalue weighted by molar-refractivity contribution is -0.135. The Morgan fingerprint density at radius 1 is 1.08 bits per heavy atom. The molecule has 0 spiro atoms. The van der Waals surface area contributed by atoms with Gasteiger partial charge in [0.05, 0.1) is 11.6 Å². The van der Waals surface area contributed by atoms with Crippen LogP contribution in [0.5, 0.6) is 0 Å². The number of nitrogens with zero attached hydrogens (tertiary/aromatic N) is 3. The van der Waals surface area contributed by atoms with Crippen molar-refractivity contribution in [2.24, 2.45) is 9.98 Å². The summed E-state index contributed by atoms with van der Waals surface area (Å²) < 4.78 is 0. The smallest absolute Gasteiger partial charge is 0.262 e. The first-order chi connectivity index (χ1) is 6.18. The van der Waals surface area contributed by atoms with E-state index in [9.17, 15) is 9.59 Å². The Labute approximate surface area is 72.9 Å². The third-order valence-corrected chi connectivity index (χ3v) is 1.70. The Balaban J connectivity index is 2.92. The van der Waals surface area contributed by atoms with Crippen LogP contribution >= 0.6 is 0 Å². The van der Waals surface area contributed by atoms with Crippen LogP contribution in [0.1, 0.15) is 5.56 Å². The number of carbonyl (C=O) groups excluding carboxylic acids is 2. The van der Waals surface area contributed by atoms with E-state index >= 15 is 0 Å². The van der Waals surface area contributed by atoms with Gasteiger partial charge >= 0.3 is 11.8 Å². The second-order valence-electron chi connectivity index (χ2n) is 2.66. The Kier molecular flexibility index (Phi) is 1.51. The van der Waals surface area contributed by atoms with Crippen molar-refractivity contribution in [3.05, 3.63) is 28.7 Å². The van der Waals surface area contributed by atoms with Crippen LogP contribution in [-0.2, 0) is 9.59 Å². The number of carbonyl (C=O) groups is 2. The van der Waals surface area contributed by atoms with Crippen molar-refractivity contribution in [3.8, 4) is 0 Å². The van der Waals surface area contributed by atoms with Gasteiger partial charge in [0.2, 0.25) is 0 Å². The Morgan fingerprint density at radius 2 is 1.77 bits per heavy atom. The first-order valence-electron chi connectivity index (χ1n) is 3.65. The summed E-state index contributed by atoms with van der Waals surface area (Å²) in [5, 5.41) is 0.809. The van der Waals surface area contributed by atoms with E-state index in [0.29, 0.717) is 10.7 Å². The van der Waals surface area contributed by atoms with E-state index in [0.717, 1.165) is 5.56 Å². The lowest BCUT2D eigenvalue weighted by atomic mass is 10.3. The first kappa shape index (κ1) is 7.72. The van der Waals surface area contributed by atoms with Gasteiger partial charge in [-0.1, -0.05) is 0 Å². The van der Waals surface area contributed by atoms with Crippen LogP contribution in [0.4, 0.5) is 0 Å². The Bertz CT molecular complexity index is 519. The number of hydrogen-bond acceptors (Lipinski definition) is 3. The topological polar surface area (TPSA) is 71.8 Å². The molecule has 0 saturated carbocycles. The van der Waals surface area contributed by atoms with Crippen LogP contribution in [0, 0.1) is 6.92 Å². The minimum absolute atomic E-state index is 0.365. The molecule has 0 radical (unpaired) electrons. The van der Waals surface area contributed by atoms with Gasteiger partial charge in [-0.2, -0.15) is 0 Å². The molecule has 5 nitrogen and oxygen atoms in total. The molecule has 1 aliphatic heterocycles. The number of pyridine rings is 1. The van der Waals surface area contributed by atoms with Gasteiger partial charge in [-0.05, 0) is 12.5 Å². The van der Waals surface area contributed by atoms with Crippen LogP contribution < -0.4 is 10.7 Å². The minimum atomic E-state index is -0.833. The van der Waals surface area contributed by atoms with E-state index in [1.807, 2.05) is 0 Å². The maximum atomic E-state index is 10.9. The molecule has 0 saturated heterocycles. The van der Waals surface area contributed by atoms with Gasteiger partial charge in [0.1, 0.15) is 5.36 Å². The molecule has 0 bridgehead atoms. The molecule has 2 amide bonds. The molecule has 0 aromatic carbocycles. The number of fused-ring (bicyclic) bond motifs is 1. The highest BCUT2D eigenvalue weighted by molar-refractivity contribution is 6.36. The van der Waals surface area contributed by atoms with E-state index in [2.05, 4.69) is 15.0 Å². The fourth-order valence-electron chi connectivity index (χ4n) is 1.08. The van der Waals surface area contributed by atoms with E-state index in [1.165, 1.54) is 6.20 Å². The van der Waals surface area contributed by atoms with Crippen molar-refractivity contribution in [1.29, 1.82) is 0 Å². The maximum Gasteiger partial charge on any atom is 0.338 e. The van der Waals surface area contributed by atoms with Crippen molar-refractivity contribution >= 4 is 11.8 Å². The number of hydrogen-bond donors (Lipinski definition) is 0. The zero-order valence-corrected chi connectivity index (χ0v) is 6.81. The van der Waals surface area contributed by atoms with Gasteiger partial charge in [-0.15, -0.1) is 0 Å². The molecule has 1 aliphatic rings. The molecule has 64 valence electrons. The van der Waals surface area contributed by atoms with Crippen molar-refractivity contribution in [1.82, 2.24) is 4.98 Å². The summed E-state index contributed by atoms with van der Waals surface area (Å²) in [4.78, 5) is 32.7. The van der Waals surface area contributed by atoms with Gasteiger partial charge in [-0.3, -0.25) is 14.6 Å². The highest BCUT2D eigenvalue weighted by Crippen LogP contribution is 1.86. The minimum Gasteiger partial charge on any atom is -0.262 e. The van der Waals surface area contributed by atoms with Crippen molar-refractivity contribution in [2.75, 3.05) is 0 Å². The summed E-state index contributed by atoms with van der Waals surface area (Å²) in [6.07, 6.45) is 2.98. The zero-order valence-electron chi connectivity index (χ0n) is 6.81. The highest BCUT2D eigenvalue weighted by Gasteiger charge is 2.15. The number of aromatic nitrogens is 1. The summed E-state index contributed by atoms with van der Waals surface area (Å²) in [7, 11) is 0. The van der Waals surface area contributed by atoms with Crippen molar-refractivity contribution in [3.63, 3.8) is 0 Å². The summed E-state index contributed by atoms with van der Waals surface area (Å²) in [5.41, 5.74) is 0.738. The predicted octanol–water partition coefficient (Wildman–Crippen LogP) is -1.30. The lowest BCUT2D eigenvalue weighted by Gasteiger charge is -1.97. The third kappa shape index (κ3) is 1.14. The molecule has 0 atom stereocenters. The van der Waals surface area contributed by atoms with Crippen LogP contribution in [0.3, 0.4) is 0 Å². The average molecular weight is 175 g/mol. The van der Waals surface area contributed by atoms with Crippen LogP contribution in [-0.4, -0.2) is 16.8 Å². The molecular formula is C8H5N3O2. The van der Waals surface area contributed by atoms with Gasteiger partial charge in [0, 0.05) is 6.20 Å². The summed E-state index contributed by atoms with van der Waals surface area (Å²) >= 11 is 0. The van der Waals surface area contributed by atoms with Crippen LogP contribution in [0.2, 0.25) is 0 Å². The molecular weight excluding hydrogens is 170 g/mol. The molecule has 1 aromatic heterocycles. The quantitative estimate of drug-likeness (QED) is 0.460. The van der Waals surface area contributed by atoms with Gasteiger partial charge in [0.25, 0.3) is 0 Å². The molecule has 5 heteroatoms. The molecule has 2 heterocycles. The Morgan fingerprint density at radius 3 is 2.54 bits per heavy atom. The molecule has 0 aliphatic carbocycles. The summed E-state index contributed by atoms with van der Waals surface area (Å²) in [6.45, 7) is 1.76. The van der Waals surface area contributed by atoms with Crippen molar-refractivity contribution < 1.29 is 9.59 Å². The number of amides is 2. The lowest BCUT2D eigenvalue weighted by Crippen LogP contribution is -2.36. The monoisotopic (exact) mass is 175 g/mol. The second kappa shape index (κ2) is 2.55. The zero-order chi connectivity index (χ0) is 9.42. The molecule has 2 rings (SSSR count). The predicted molar refractivity (Wildman–Crippen MR) is 41.3 cm³/mol. The highest BCUT2D eigenvalue weighted by atomic mass is 16.2. The maximum absolute atomic E-state index is 10.9. The average Bonchev–Trinajstić information content (AvgIpc) is 2.09. The SMILES string of the molecule is Cc1cncc2c1=NC(=O)C(=O)N=2.